The predicted octanol–water partition coefficient (Wildman–Crippen LogP) is 2.90. The summed E-state index contributed by atoms with van der Waals surface area (Å²) in [5.74, 6) is 0. The van der Waals surface area contributed by atoms with Crippen LogP contribution in [0.25, 0.3) is 0 Å². The molecule has 11 aliphatic rings. The number of likely N-dealkylation sites (N-methyl/N-ethyl adjacent to an activating group) is 1. The maximum absolute atomic E-state index is 3.27. The molecule has 1 N–H and O–H groups in total. The molecule has 18 heavy (non-hydrogen) atoms. The van der Waals surface area contributed by atoms with Gasteiger partial charge in [0.15, 0.2) is 0 Å². The van der Waals surface area contributed by atoms with E-state index in [9.17, 15) is 0 Å². The molecule has 0 unspecified atom stereocenters. The van der Waals surface area contributed by atoms with Crippen LogP contribution in [0.2, 0.25) is 48.2 Å². The van der Waals surface area contributed by atoms with Crippen LogP contribution in [0.4, 0.5) is 0 Å². The Bertz CT molecular complexity index is 700. The van der Waals surface area contributed by atoms with E-state index in [4.69, 9.17) is 0 Å². The summed E-state index contributed by atoms with van der Waals surface area (Å²) in [4.78, 5) is 18.2. The van der Waals surface area contributed by atoms with Crippen molar-refractivity contribution in [3.8, 4) is 0 Å². The molecule has 0 aromatic heterocycles. The van der Waals surface area contributed by atoms with Crippen molar-refractivity contribution in [2.45, 2.75) is 48.2 Å². The minimum absolute atomic E-state index is 1.16. The third-order valence-electron chi connectivity index (χ3n) is 15.9. The molecule has 0 aliphatic carbocycles. The van der Waals surface area contributed by atoms with Gasteiger partial charge >= 0.3 is 54.7 Å². The van der Waals surface area contributed by atoms with E-state index in [1.807, 2.05) is 0 Å². The fourth-order valence-corrected chi connectivity index (χ4v) is 88.8. The van der Waals surface area contributed by atoms with Crippen molar-refractivity contribution < 1.29 is 6.51 Å². The standard InChI is InChI=1S/C5H12N2.2C5H5.Fe/c1-7-4-2-6-3-5-7;2*1-2-4-5-3-1;/h6H,2-5H2,1H3;2*1-5H;. The average molecular weight is 286 g/mol. The Balaban J connectivity index is 0.0000000857. The fourth-order valence-electron chi connectivity index (χ4n) is 16.6. The second-order valence-electron chi connectivity index (χ2n) is 11.6. The van der Waals surface area contributed by atoms with Crippen LogP contribution in [0.15, 0.2) is 0 Å². The van der Waals surface area contributed by atoms with Crippen molar-refractivity contribution in [2.75, 3.05) is 33.2 Å². The molecule has 11 saturated heterocycles. The molecular formula is C15H22FeN2. The molecule has 3 heteroatoms. The molecule has 0 saturated carbocycles. The SMILES string of the molecule is CN1CCNCC1.[CH]12[CH]3[CH]4[CH]5[CH]1[Fe]23451678[CH]2[CH]1[CH]6[CH]7[CH]28. The molecule has 11 aliphatic heterocycles. The number of nitrogens with zero attached hydrogens (tertiary/aromatic N) is 1. The van der Waals surface area contributed by atoms with Crippen molar-refractivity contribution in [3.63, 3.8) is 0 Å². The van der Waals surface area contributed by atoms with E-state index in [-0.39, 0.29) is 0 Å². The Labute approximate surface area is 98.1 Å². The van der Waals surface area contributed by atoms with E-state index < -0.39 is 6.51 Å². The minimum atomic E-state index is -2.28. The zero-order valence-corrected chi connectivity index (χ0v) is 12.0. The molecule has 11 fully saturated rings. The average Bonchev–Trinajstić information content (AvgIpc) is 3.33. The monoisotopic (exact) mass is 286 g/mol. The van der Waals surface area contributed by atoms with Gasteiger partial charge in [-0.1, -0.05) is 0 Å². The Morgan fingerprint density at radius 2 is 1.06 bits per heavy atom. The molecule has 11 heterocycles. The number of hydrogen-bond acceptors (Lipinski definition) is 2. The van der Waals surface area contributed by atoms with Crippen LogP contribution < -0.4 is 5.32 Å². The van der Waals surface area contributed by atoms with Crippen molar-refractivity contribution >= 4 is 0 Å². The second kappa shape index (κ2) is 0.677. The van der Waals surface area contributed by atoms with Crippen LogP contribution in [0.5, 0.6) is 0 Å². The van der Waals surface area contributed by atoms with Crippen molar-refractivity contribution in [3.05, 3.63) is 0 Å². The van der Waals surface area contributed by atoms with Crippen molar-refractivity contribution in [2.24, 2.45) is 0 Å². The van der Waals surface area contributed by atoms with Gasteiger partial charge in [0, 0.05) is 26.2 Å². The van der Waals surface area contributed by atoms with Gasteiger partial charge in [-0.05, 0) is 7.05 Å². The van der Waals surface area contributed by atoms with Crippen molar-refractivity contribution in [1.82, 2.24) is 10.2 Å². The van der Waals surface area contributed by atoms with Gasteiger partial charge in [-0.3, -0.25) is 0 Å². The van der Waals surface area contributed by atoms with Crippen LogP contribution in [0.3, 0.4) is 0 Å². The Morgan fingerprint density at radius 3 is 1.17 bits per heavy atom. The topological polar surface area (TPSA) is 15.3 Å². The van der Waals surface area contributed by atoms with E-state index in [0.717, 1.165) is 13.1 Å². The van der Waals surface area contributed by atoms with Gasteiger partial charge in [0.1, 0.15) is 0 Å². The van der Waals surface area contributed by atoms with Gasteiger partial charge < -0.3 is 10.2 Å². The van der Waals surface area contributed by atoms with Crippen molar-refractivity contribution in [1.29, 1.82) is 0 Å². The molecule has 11 rings (SSSR count). The summed E-state index contributed by atoms with van der Waals surface area (Å²) >= 11 is 0. The first-order chi connectivity index (χ1) is 8.55. The van der Waals surface area contributed by atoms with Gasteiger partial charge in [-0.25, -0.2) is 0 Å². The second-order valence-corrected chi connectivity index (χ2v) is 35.6. The molecule has 0 bridgehead atoms. The first-order valence-electron chi connectivity index (χ1n) is 8.16. The molecule has 0 radical (unpaired) electrons. The van der Waals surface area contributed by atoms with E-state index in [1.54, 1.807) is 48.2 Å². The molecule has 0 atom stereocenters. The predicted molar refractivity (Wildman–Crippen MR) is 67.9 cm³/mol. The summed E-state index contributed by atoms with van der Waals surface area (Å²) in [5.41, 5.74) is 0. The van der Waals surface area contributed by atoms with E-state index in [1.165, 1.54) is 13.1 Å². The summed E-state index contributed by atoms with van der Waals surface area (Å²) in [6, 6.07) is 0. The van der Waals surface area contributed by atoms with Crippen LogP contribution in [0, 0.1) is 0 Å². The molecule has 0 amide bonds. The Kier molecular flexibility index (Phi) is 0.280. The first-order valence-corrected chi connectivity index (χ1v) is 14.5. The summed E-state index contributed by atoms with van der Waals surface area (Å²) < 4.78 is 0. The summed E-state index contributed by atoms with van der Waals surface area (Å²) in [5, 5.41) is 3.27. The van der Waals surface area contributed by atoms with Crippen LogP contribution in [0.1, 0.15) is 0 Å². The van der Waals surface area contributed by atoms with Gasteiger partial charge in [-0.2, -0.15) is 0 Å². The fraction of sp³-hybridized carbons (Fsp3) is 1.00. The molecular weight excluding hydrogens is 264 g/mol. The zero-order chi connectivity index (χ0) is 11.2. The third kappa shape index (κ3) is 0.0902. The summed E-state index contributed by atoms with van der Waals surface area (Å²) in [6.45, 7) is 2.46. The summed E-state index contributed by atoms with van der Waals surface area (Å²) in [6.07, 6.45) is 0. The zero-order valence-electron chi connectivity index (χ0n) is 10.9. The van der Waals surface area contributed by atoms with E-state index in [0.29, 0.717) is 0 Å². The number of fused-ring (bicyclic) bond motifs is 10. The quantitative estimate of drug-likeness (QED) is 0.689. The Hall–Kier alpha value is 0.439. The maximum atomic E-state index is 3.27. The molecule has 1 spiro atoms. The number of hydrogen-bond donors (Lipinski definition) is 1. The van der Waals surface area contributed by atoms with Gasteiger partial charge in [0.2, 0.25) is 0 Å². The van der Waals surface area contributed by atoms with Gasteiger partial charge in [-0.15, -0.1) is 0 Å². The normalized spacial score (nSPS) is 114. The van der Waals surface area contributed by atoms with Gasteiger partial charge in [0.25, 0.3) is 0 Å². The third-order valence-corrected chi connectivity index (χ3v) is 57.8. The van der Waals surface area contributed by atoms with E-state index in [2.05, 4.69) is 17.3 Å². The van der Waals surface area contributed by atoms with E-state index >= 15 is 0 Å². The number of piperazine rings is 1. The first kappa shape index (κ1) is 7.45. The molecule has 0 aromatic rings. The van der Waals surface area contributed by atoms with Crippen LogP contribution in [-0.2, 0) is 6.51 Å². The van der Waals surface area contributed by atoms with Crippen LogP contribution in [-0.4, -0.2) is 38.1 Å². The number of rotatable bonds is 0. The molecule has 2 nitrogen and oxygen atoms in total. The van der Waals surface area contributed by atoms with Crippen LogP contribution >= 0.6 is 0 Å². The Morgan fingerprint density at radius 1 is 0.722 bits per heavy atom. The molecule has 0 aromatic carbocycles. The van der Waals surface area contributed by atoms with Gasteiger partial charge in [0.05, 0.1) is 0 Å². The molecule has 100 valence electrons. The summed E-state index contributed by atoms with van der Waals surface area (Å²) in [7, 11) is 2.15. The number of nitrogens with one attached hydrogen (secondary N) is 1.